The normalized spacial score (nSPS) is 12.3. The molecular weight excluding hydrogens is 225 g/mol. The maximum absolute atomic E-state index is 13.5. The summed E-state index contributed by atoms with van der Waals surface area (Å²) in [7, 11) is 1.68. The second-order valence-corrected chi connectivity index (χ2v) is 4.35. The molecule has 4 heteroatoms. The summed E-state index contributed by atoms with van der Waals surface area (Å²) in [6.45, 7) is 3.92. The molecule has 1 aromatic carbocycles. The number of amides is 1. The van der Waals surface area contributed by atoms with E-state index in [1.54, 1.807) is 11.9 Å². The number of halogens is 1. The first-order valence-electron chi connectivity index (χ1n) is 5.23. The molecule has 0 N–H and O–H groups in total. The van der Waals surface area contributed by atoms with Crippen LogP contribution in [-0.2, 0) is 0 Å². The molecule has 88 valence electrons. The van der Waals surface area contributed by atoms with Gasteiger partial charge in [0.25, 0.3) is 5.91 Å². The van der Waals surface area contributed by atoms with E-state index in [9.17, 15) is 9.18 Å². The Labute approximate surface area is 101 Å². The van der Waals surface area contributed by atoms with E-state index < -0.39 is 5.82 Å². The first-order chi connectivity index (χ1) is 7.47. The van der Waals surface area contributed by atoms with Crippen molar-refractivity contribution < 1.29 is 9.18 Å². The topological polar surface area (TPSA) is 20.3 Å². The monoisotopic (exact) mass is 241 g/mol. The van der Waals surface area contributed by atoms with Crippen molar-refractivity contribution in [3.8, 4) is 0 Å². The van der Waals surface area contributed by atoms with Gasteiger partial charge >= 0.3 is 0 Å². The van der Waals surface area contributed by atoms with Crippen LogP contribution in [0, 0.1) is 5.82 Å². The second kappa shape index (κ2) is 5.34. The summed E-state index contributed by atoms with van der Waals surface area (Å²) in [4.78, 5) is 14.1. The molecule has 0 saturated carbocycles. The molecule has 1 rings (SSSR count). The van der Waals surface area contributed by atoms with Gasteiger partial charge in [0.05, 0.1) is 5.56 Å². The molecule has 0 bridgehead atoms. The van der Waals surface area contributed by atoms with Crippen molar-refractivity contribution in [2.24, 2.45) is 0 Å². The summed E-state index contributed by atoms with van der Waals surface area (Å²) in [5, 5.41) is 0. The molecule has 1 atom stereocenters. The van der Waals surface area contributed by atoms with Gasteiger partial charge in [-0.3, -0.25) is 4.79 Å². The van der Waals surface area contributed by atoms with Gasteiger partial charge in [0.1, 0.15) is 5.82 Å². The number of carbonyl (C=O) groups is 1. The fraction of sp³-hybridized carbons (Fsp3) is 0.417. The van der Waals surface area contributed by atoms with Gasteiger partial charge in [0.2, 0.25) is 0 Å². The van der Waals surface area contributed by atoms with Crippen LogP contribution < -0.4 is 0 Å². The van der Waals surface area contributed by atoms with Crippen molar-refractivity contribution in [2.45, 2.75) is 31.2 Å². The minimum absolute atomic E-state index is 0.0790. The van der Waals surface area contributed by atoms with Crippen molar-refractivity contribution in [2.75, 3.05) is 7.05 Å². The lowest BCUT2D eigenvalue weighted by Crippen LogP contribution is -2.35. The number of rotatable bonds is 3. The Morgan fingerprint density at radius 3 is 2.75 bits per heavy atom. The first-order valence-corrected chi connectivity index (χ1v) is 5.67. The molecule has 1 amide bonds. The van der Waals surface area contributed by atoms with Crippen molar-refractivity contribution in [1.29, 1.82) is 0 Å². The van der Waals surface area contributed by atoms with Crippen LogP contribution in [0.2, 0.25) is 0 Å². The van der Waals surface area contributed by atoms with Crippen LogP contribution >= 0.6 is 12.6 Å². The van der Waals surface area contributed by atoms with Crippen LogP contribution in [-0.4, -0.2) is 23.9 Å². The molecular formula is C12H16FNOS. The maximum Gasteiger partial charge on any atom is 0.256 e. The third-order valence-corrected chi connectivity index (χ3v) is 3.03. The molecule has 0 spiro atoms. The number of hydrogen-bond acceptors (Lipinski definition) is 2. The van der Waals surface area contributed by atoms with E-state index in [4.69, 9.17) is 0 Å². The molecule has 16 heavy (non-hydrogen) atoms. The predicted molar refractivity (Wildman–Crippen MR) is 65.5 cm³/mol. The summed E-state index contributed by atoms with van der Waals surface area (Å²) in [5.41, 5.74) is 0.0790. The molecule has 0 fully saturated rings. The van der Waals surface area contributed by atoms with Crippen molar-refractivity contribution in [1.82, 2.24) is 4.90 Å². The highest BCUT2D eigenvalue weighted by Crippen LogP contribution is 2.16. The fourth-order valence-corrected chi connectivity index (χ4v) is 1.54. The number of thiol groups is 1. The lowest BCUT2D eigenvalue weighted by Gasteiger charge is -2.24. The Hall–Kier alpha value is -1.03. The van der Waals surface area contributed by atoms with Crippen LogP contribution in [0.25, 0.3) is 0 Å². The van der Waals surface area contributed by atoms with Gasteiger partial charge in [-0.05, 0) is 31.5 Å². The van der Waals surface area contributed by atoms with Crippen molar-refractivity contribution in [3.05, 3.63) is 29.6 Å². The Bertz CT molecular complexity index is 395. The number of nitrogens with zero attached hydrogens (tertiary/aromatic N) is 1. The number of benzene rings is 1. The molecule has 0 heterocycles. The van der Waals surface area contributed by atoms with Gasteiger partial charge in [-0.1, -0.05) is 6.92 Å². The van der Waals surface area contributed by atoms with E-state index in [1.807, 2.05) is 13.8 Å². The SMILES string of the molecule is CCC(C)N(C)C(=O)c1cc(S)ccc1F. The third-order valence-electron chi connectivity index (χ3n) is 2.75. The fourth-order valence-electron chi connectivity index (χ4n) is 1.34. The number of carbonyl (C=O) groups excluding carboxylic acids is 1. The summed E-state index contributed by atoms with van der Waals surface area (Å²) >= 11 is 4.10. The van der Waals surface area contributed by atoms with E-state index in [2.05, 4.69) is 12.6 Å². The Balaban J connectivity index is 3.00. The zero-order chi connectivity index (χ0) is 12.3. The van der Waals surface area contributed by atoms with Crippen molar-refractivity contribution >= 4 is 18.5 Å². The second-order valence-electron chi connectivity index (χ2n) is 3.84. The lowest BCUT2D eigenvalue weighted by molar-refractivity contribution is 0.0735. The zero-order valence-corrected chi connectivity index (χ0v) is 10.6. The predicted octanol–water partition coefficient (Wildman–Crippen LogP) is 2.98. The van der Waals surface area contributed by atoms with Gasteiger partial charge in [-0.2, -0.15) is 0 Å². The van der Waals surface area contributed by atoms with Crippen molar-refractivity contribution in [3.63, 3.8) is 0 Å². The molecule has 1 aromatic rings. The summed E-state index contributed by atoms with van der Waals surface area (Å²) in [6.07, 6.45) is 0.838. The highest BCUT2D eigenvalue weighted by molar-refractivity contribution is 7.80. The van der Waals surface area contributed by atoms with Gasteiger partial charge in [0, 0.05) is 18.0 Å². The Kier molecular flexibility index (Phi) is 4.35. The van der Waals surface area contributed by atoms with E-state index in [1.165, 1.54) is 18.2 Å². The number of hydrogen-bond donors (Lipinski definition) is 1. The molecule has 1 unspecified atom stereocenters. The minimum atomic E-state index is -0.502. The van der Waals surface area contributed by atoms with Crippen LogP contribution in [0.5, 0.6) is 0 Å². The van der Waals surface area contributed by atoms with E-state index in [0.29, 0.717) is 4.90 Å². The largest absolute Gasteiger partial charge is 0.339 e. The average molecular weight is 241 g/mol. The minimum Gasteiger partial charge on any atom is -0.339 e. The van der Waals surface area contributed by atoms with E-state index in [0.717, 1.165) is 6.42 Å². The smallest absolute Gasteiger partial charge is 0.256 e. The van der Waals surface area contributed by atoms with Gasteiger partial charge in [0.15, 0.2) is 0 Å². The molecule has 0 saturated heterocycles. The molecule has 0 radical (unpaired) electrons. The van der Waals surface area contributed by atoms with Crippen LogP contribution in [0.15, 0.2) is 23.1 Å². The quantitative estimate of drug-likeness (QED) is 0.807. The lowest BCUT2D eigenvalue weighted by atomic mass is 10.1. The Morgan fingerprint density at radius 1 is 1.56 bits per heavy atom. The zero-order valence-electron chi connectivity index (χ0n) is 9.70. The molecule has 0 aliphatic rings. The van der Waals surface area contributed by atoms with Gasteiger partial charge in [-0.15, -0.1) is 12.6 Å². The average Bonchev–Trinajstić information content (AvgIpc) is 2.29. The molecule has 0 aliphatic heterocycles. The van der Waals surface area contributed by atoms with Gasteiger partial charge < -0.3 is 4.90 Å². The molecule has 0 aliphatic carbocycles. The highest BCUT2D eigenvalue weighted by Gasteiger charge is 2.19. The summed E-state index contributed by atoms with van der Waals surface area (Å²) in [5.74, 6) is -0.805. The standard InChI is InChI=1S/C12H16FNOS/c1-4-8(2)14(3)12(15)10-7-9(16)5-6-11(10)13/h5-8,16H,4H2,1-3H3. The Morgan fingerprint density at radius 2 is 2.19 bits per heavy atom. The maximum atomic E-state index is 13.5. The summed E-state index contributed by atoms with van der Waals surface area (Å²) < 4.78 is 13.5. The van der Waals surface area contributed by atoms with E-state index >= 15 is 0 Å². The van der Waals surface area contributed by atoms with Crippen LogP contribution in [0.3, 0.4) is 0 Å². The van der Waals surface area contributed by atoms with Gasteiger partial charge in [-0.25, -0.2) is 4.39 Å². The van der Waals surface area contributed by atoms with Crippen LogP contribution in [0.1, 0.15) is 30.6 Å². The third kappa shape index (κ3) is 2.76. The van der Waals surface area contributed by atoms with Crippen LogP contribution in [0.4, 0.5) is 4.39 Å². The van der Waals surface area contributed by atoms with E-state index in [-0.39, 0.29) is 17.5 Å². The molecule has 0 aromatic heterocycles. The summed E-state index contributed by atoms with van der Waals surface area (Å²) in [6, 6.07) is 4.34. The first kappa shape index (κ1) is 13.0. The molecule has 2 nitrogen and oxygen atoms in total. The highest BCUT2D eigenvalue weighted by atomic mass is 32.1.